The van der Waals surface area contributed by atoms with Crippen molar-refractivity contribution >= 4 is 10.8 Å². The molecule has 0 amide bonds. The van der Waals surface area contributed by atoms with Gasteiger partial charge in [-0.3, -0.25) is 4.21 Å². The Morgan fingerprint density at radius 1 is 1.47 bits per heavy atom. The second-order valence-corrected chi connectivity index (χ2v) is 7.02. The molecule has 1 aliphatic heterocycles. The number of hydrogen-bond donors (Lipinski definition) is 0. The third-order valence-electron chi connectivity index (χ3n) is 3.12. The molecule has 0 radical (unpaired) electrons. The Morgan fingerprint density at radius 2 is 2.24 bits per heavy atom. The minimum atomic E-state index is -0.748. The molecule has 0 aliphatic carbocycles. The van der Waals surface area contributed by atoms with Crippen LogP contribution in [0.15, 0.2) is 0 Å². The molecule has 0 aromatic carbocycles. The van der Waals surface area contributed by atoms with E-state index in [1.54, 1.807) is 0 Å². The molecule has 1 aliphatic rings. The van der Waals surface area contributed by atoms with Gasteiger partial charge in [0.1, 0.15) is 0 Å². The van der Waals surface area contributed by atoms with E-state index in [4.69, 9.17) is 10.00 Å². The summed E-state index contributed by atoms with van der Waals surface area (Å²) in [4.78, 5) is 0. The van der Waals surface area contributed by atoms with E-state index < -0.39 is 10.8 Å². The Labute approximate surface area is 107 Å². The lowest BCUT2D eigenvalue weighted by atomic mass is 9.89. The predicted octanol–water partition coefficient (Wildman–Crippen LogP) is 2.63. The van der Waals surface area contributed by atoms with Crippen LogP contribution in [-0.4, -0.2) is 28.4 Å². The number of rotatable bonds is 7. The molecule has 2 unspecified atom stereocenters. The normalized spacial score (nSPS) is 22.3. The van der Waals surface area contributed by atoms with E-state index >= 15 is 0 Å². The molecule has 0 aromatic heterocycles. The third-order valence-corrected chi connectivity index (χ3v) is 4.61. The monoisotopic (exact) mass is 257 g/mol. The van der Waals surface area contributed by atoms with Gasteiger partial charge in [0, 0.05) is 28.9 Å². The maximum atomic E-state index is 11.8. The molecule has 2 atom stereocenters. The van der Waals surface area contributed by atoms with Gasteiger partial charge in [-0.2, -0.15) is 5.26 Å². The standard InChI is InChI=1S/C13H23NO2S/c1-13(2,11-14)7-3-4-9-17(15)10-12-6-5-8-16-12/h12H,3-10H2,1-2H3. The summed E-state index contributed by atoms with van der Waals surface area (Å²) in [5, 5.41) is 8.87. The molecule has 0 spiro atoms. The molecule has 98 valence electrons. The zero-order valence-corrected chi connectivity index (χ0v) is 11.7. The summed E-state index contributed by atoms with van der Waals surface area (Å²) >= 11 is 0. The molecule has 1 rings (SSSR count). The first-order chi connectivity index (χ1) is 8.03. The van der Waals surface area contributed by atoms with Gasteiger partial charge in [-0.25, -0.2) is 0 Å². The van der Waals surface area contributed by atoms with Crippen molar-refractivity contribution in [2.24, 2.45) is 5.41 Å². The first-order valence-corrected chi connectivity index (χ1v) is 7.90. The Bertz CT molecular complexity index is 290. The summed E-state index contributed by atoms with van der Waals surface area (Å²) in [7, 11) is -0.748. The maximum Gasteiger partial charge on any atom is 0.0691 e. The summed E-state index contributed by atoms with van der Waals surface area (Å²) in [6.45, 7) is 4.74. The zero-order chi connectivity index (χ0) is 12.7. The number of nitrogens with zero attached hydrogens (tertiary/aromatic N) is 1. The smallest absolute Gasteiger partial charge is 0.0691 e. The summed E-state index contributed by atoms with van der Waals surface area (Å²) < 4.78 is 17.2. The molecular weight excluding hydrogens is 234 g/mol. The van der Waals surface area contributed by atoms with Gasteiger partial charge >= 0.3 is 0 Å². The average molecular weight is 257 g/mol. The Hall–Kier alpha value is -0.400. The van der Waals surface area contributed by atoms with Crippen molar-refractivity contribution in [2.45, 2.75) is 52.1 Å². The Kier molecular flexibility index (Phi) is 6.15. The SMILES string of the molecule is CC(C)(C#N)CCCCS(=O)CC1CCCO1. The maximum absolute atomic E-state index is 11.8. The number of nitriles is 1. The summed E-state index contributed by atoms with van der Waals surface area (Å²) in [5.74, 6) is 1.45. The number of ether oxygens (including phenoxy) is 1. The van der Waals surface area contributed by atoms with Crippen LogP contribution in [0.25, 0.3) is 0 Å². The van der Waals surface area contributed by atoms with E-state index in [-0.39, 0.29) is 11.5 Å². The second-order valence-electron chi connectivity index (χ2n) is 5.40. The van der Waals surface area contributed by atoms with Crippen LogP contribution in [-0.2, 0) is 15.5 Å². The van der Waals surface area contributed by atoms with E-state index in [1.807, 2.05) is 13.8 Å². The van der Waals surface area contributed by atoms with Gasteiger partial charge in [0.25, 0.3) is 0 Å². The van der Waals surface area contributed by atoms with Gasteiger partial charge in [0.2, 0.25) is 0 Å². The lowest BCUT2D eigenvalue weighted by Gasteiger charge is -2.14. The zero-order valence-electron chi connectivity index (χ0n) is 10.9. The third kappa shape index (κ3) is 6.18. The van der Waals surface area contributed by atoms with Crippen molar-refractivity contribution in [3.63, 3.8) is 0 Å². The van der Waals surface area contributed by atoms with E-state index in [1.165, 1.54) is 0 Å². The summed E-state index contributed by atoms with van der Waals surface area (Å²) in [6, 6.07) is 2.29. The van der Waals surface area contributed by atoms with Crippen molar-refractivity contribution in [2.75, 3.05) is 18.1 Å². The summed E-state index contributed by atoms with van der Waals surface area (Å²) in [6.07, 6.45) is 5.22. The van der Waals surface area contributed by atoms with E-state index in [9.17, 15) is 4.21 Å². The van der Waals surface area contributed by atoms with Crippen molar-refractivity contribution in [1.82, 2.24) is 0 Å². The van der Waals surface area contributed by atoms with Gasteiger partial charge in [-0.1, -0.05) is 6.42 Å². The van der Waals surface area contributed by atoms with Gasteiger partial charge in [-0.05, 0) is 39.5 Å². The highest BCUT2D eigenvalue weighted by molar-refractivity contribution is 7.85. The van der Waals surface area contributed by atoms with Crippen molar-refractivity contribution < 1.29 is 8.95 Å². The van der Waals surface area contributed by atoms with Crippen molar-refractivity contribution in [3.8, 4) is 6.07 Å². The quantitative estimate of drug-likeness (QED) is 0.659. The molecule has 0 aromatic rings. The molecule has 3 nitrogen and oxygen atoms in total. The van der Waals surface area contributed by atoms with Gasteiger partial charge < -0.3 is 4.74 Å². The average Bonchev–Trinajstić information content (AvgIpc) is 2.77. The predicted molar refractivity (Wildman–Crippen MR) is 70.1 cm³/mol. The fourth-order valence-electron chi connectivity index (χ4n) is 1.95. The van der Waals surface area contributed by atoms with E-state index in [0.717, 1.165) is 44.5 Å². The van der Waals surface area contributed by atoms with Crippen LogP contribution in [0, 0.1) is 16.7 Å². The highest BCUT2D eigenvalue weighted by Gasteiger charge is 2.19. The van der Waals surface area contributed by atoms with Crippen LogP contribution in [0.3, 0.4) is 0 Å². The molecule has 1 fully saturated rings. The first kappa shape index (κ1) is 14.7. The van der Waals surface area contributed by atoms with Crippen LogP contribution in [0.5, 0.6) is 0 Å². The molecule has 1 saturated heterocycles. The fourth-order valence-corrected chi connectivity index (χ4v) is 3.32. The molecule has 4 heteroatoms. The van der Waals surface area contributed by atoms with Crippen molar-refractivity contribution in [1.29, 1.82) is 5.26 Å². The molecular formula is C13H23NO2S. The van der Waals surface area contributed by atoms with E-state index in [2.05, 4.69) is 6.07 Å². The molecule has 1 heterocycles. The Balaban J connectivity index is 2.06. The molecule has 0 N–H and O–H groups in total. The van der Waals surface area contributed by atoms with Gasteiger partial charge in [0.15, 0.2) is 0 Å². The van der Waals surface area contributed by atoms with Crippen LogP contribution in [0.2, 0.25) is 0 Å². The topological polar surface area (TPSA) is 50.1 Å². The van der Waals surface area contributed by atoms with Crippen LogP contribution in [0.1, 0.15) is 46.0 Å². The van der Waals surface area contributed by atoms with Crippen molar-refractivity contribution in [3.05, 3.63) is 0 Å². The summed E-state index contributed by atoms with van der Waals surface area (Å²) in [5.41, 5.74) is -0.240. The Morgan fingerprint density at radius 3 is 2.82 bits per heavy atom. The lowest BCUT2D eigenvalue weighted by molar-refractivity contribution is 0.128. The van der Waals surface area contributed by atoms with E-state index in [0.29, 0.717) is 5.75 Å². The van der Waals surface area contributed by atoms with Crippen LogP contribution >= 0.6 is 0 Å². The minimum absolute atomic E-state index is 0.228. The largest absolute Gasteiger partial charge is 0.377 e. The first-order valence-electron chi connectivity index (χ1n) is 6.41. The fraction of sp³-hybridized carbons (Fsp3) is 0.923. The molecule has 17 heavy (non-hydrogen) atoms. The lowest BCUT2D eigenvalue weighted by Crippen LogP contribution is -2.17. The van der Waals surface area contributed by atoms with Gasteiger partial charge in [-0.15, -0.1) is 0 Å². The highest BCUT2D eigenvalue weighted by atomic mass is 32.2. The number of unbranched alkanes of at least 4 members (excludes halogenated alkanes) is 1. The second kappa shape index (κ2) is 7.13. The number of hydrogen-bond acceptors (Lipinski definition) is 3. The minimum Gasteiger partial charge on any atom is -0.377 e. The van der Waals surface area contributed by atoms with Crippen LogP contribution in [0.4, 0.5) is 0 Å². The highest BCUT2D eigenvalue weighted by Crippen LogP contribution is 2.21. The van der Waals surface area contributed by atoms with Gasteiger partial charge in [0.05, 0.1) is 17.6 Å². The molecule has 0 saturated carbocycles. The van der Waals surface area contributed by atoms with Crippen LogP contribution < -0.4 is 0 Å². The molecule has 0 bridgehead atoms.